The molecule has 6 nitrogen and oxygen atoms in total. The third kappa shape index (κ3) is 2.79. The highest BCUT2D eigenvalue weighted by Crippen LogP contribution is 2.27. The number of benzene rings is 2. The number of hydrogen-bond donors (Lipinski definition) is 1. The summed E-state index contributed by atoms with van der Waals surface area (Å²) in [5, 5.41) is 0. The molecule has 0 bridgehead atoms. The van der Waals surface area contributed by atoms with E-state index < -0.39 is 0 Å². The predicted molar refractivity (Wildman–Crippen MR) is 98.2 cm³/mol. The second-order valence-electron chi connectivity index (χ2n) is 4.88. The molecule has 0 aliphatic rings. The van der Waals surface area contributed by atoms with Gasteiger partial charge in [0.2, 0.25) is 16.5 Å². The van der Waals surface area contributed by atoms with Crippen molar-refractivity contribution in [2.24, 2.45) is 4.99 Å². The van der Waals surface area contributed by atoms with Crippen LogP contribution >= 0.6 is 23.7 Å². The van der Waals surface area contributed by atoms with Crippen LogP contribution in [0.15, 0.2) is 53.5 Å². The minimum Gasteiger partial charge on any atom is -0.497 e. The SMILES string of the molecule is COc1ccc2c(c1)sc1nc(N)n/c(=N\c3ccccc3)n12.Cl. The Morgan fingerprint density at radius 2 is 1.92 bits per heavy atom. The number of nitrogen functional groups attached to an aromatic ring is 1. The van der Waals surface area contributed by atoms with E-state index in [0.717, 1.165) is 26.6 Å². The number of ether oxygens (including phenoxy) is 1. The van der Waals surface area contributed by atoms with E-state index in [1.165, 1.54) is 11.3 Å². The minimum absolute atomic E-state index is 0. The molecule has 0 spiro atoms. The van der Waals surface area contributed by atoms with E-state index in [4.69, 9.17) is 10.5 Å². The van der Waals surface area contributed by atoms with E-state index >= 15 is 0 Å². The average Bonchev–Trinajstić information content (AvgIpc) is 2.92. The molecule has 0 radical (unpaired) electrons. The molecular weight excluding hydrogens is 346 g/mol. The van der Waals surface area contributed by atoms with Gasteiger partial charge in [0.25, 0.3) is 0 Å². The molecule has 4 rings (SSSR count). The van der Waals surface area contributed by atoms with Gasteiger partial charge < -0.3 is 10.5 Å². The number of rotatable bonds is 2. The van der Waals surface area contributed by atoms with Crippen LogP contribution in [0, 0.1) is 0 Å². The van der Waals surface area contributed by atoms with Crippen LogP contribution in [0.4, 0.5) is 11.6 Å². The summed E-state index contributed by atoms with van der Waals surface area (Å²) in [5.41, 5.74) is 8.14. The summed E-state index contributed by atoms with van der Waals surface area (Å²) in [7, 11) is 1.65. The number of halogens is 1. The van der Waals surface area contributed by atoms with Crippen molar-refractivity contribution in [3.05, 3.63) is 54.1 Å². The van der Waals surface area contributed by atoms with E-state index in [1.807, 2.05) is 52.9 Å². The molecule has 0 unspecified atom stereocenters. The molecule has 0 fully saturated rings. The zero-order chi connectivity index (χ0) is 15.8. The Labute approximate surface area is 147 Å². The quantitative estimate of drug-likeness (QED) is 0.596. The Morgan fingerprint density at radius 3 is 2.67 bits per heavy atom. The average molecular weight is 360 g/mol. The van der Waals surface area contributed by atoms with Crippen molar-refractivity contribution in [2.75, 3.05) is 12.8 Å². The highest BCUT2D eigenvalue weighted by Gasteiger charge is 2.09. The number of thiazole rings is 1. The fraction of sp³-hybridized carbons (Fsp3) is 0.0625. The Hall–Kier alpha value is -2.64. The molecule has 2 aromatic carbocycles. The monoisotopic (exact) mass is 359 g/mol. The molecular formula is C16H14ClN5OS. The van der Waals surface area contributed by atoms with Gasteiger partial charge in [-0.1, -0.05) is 29.5 Å². The highest BCUT2D eigenvalue weighted by molar-refractivity contribution is 7.23. The van der Waals surface area contributed by atoms with Crippen LogP contribution in [0.2, 0.25) is 0 Å². The largest absolute Gasteiger partial charge is 0.497 e. The van der Waals surface area contributed by atoms with Gasteiger partial charge in [-0.05, 0) is 30.3 Å². The van der Waals surface area contributed by atoms with Gasteiger partial charge in [0, 0.05) is 0 Å². The number of nitrogens with zero attached hydrogens (tertiary/aromatic N) is 4. The third-order valence-electron chi connectivity index (χ3n) is 3.41. The number of aromatic nitrogens is 3. The summed E-state index contributed by atoms with van der Waals surface area (Å²) in [6, 6.07) is 15.5. The van der Waals surface area contributed by atoms with Crippen molar-refractivity contribution in [3.63, 3.8) is 0 Å². The maximum absolute atomic E-state index is 5.84. The highest BCUT2D eigenvalue weighted by atomic mass is 35.5. The van der Waals surface area contributed by atoms with Gasteiger partial charge >= 0.3 is 0 Å². The van der Waals surface area contributed by atoms with Gasteiger partial charge in [-0.2, -0.15) is 9.97 Å². The Kier molecular flexibility index (Phi) is 4.37. The summed E-state index contributed by atoms with van der Waals surface area (Å²) in [5.74, 6) is 1.00. The van der Waals surface area contributed by atoms with Crippen molar-refractivity contribution < 1.29 is 4.74 Å². The zero-order valence-electron chi connectivity index (χ0n) is 12.7. The molecule has 122 valence electrons. The summed E-state index contributed by atoms with van der Waals surface area (Å²) in [6.07, 6.45) is 0. The normalized spacial score (nSPS) is 11.6. The Balaban J connectivity index is 0.00000169. The van der Waals surface area contributed by atoms with E-state index in [2.05, 4.69) is 15.0 Å². The number of fused-ring (bicyclic) bond motifs is 3. The lowest BCUT2D eigenvalue weighted by Crippen LogP contribution is -2.20. The molecule has 24 heavy (non-hydrogen) atoms. The van der Waals surface area contributed by atoms with Gasteiger partial charge in [-0.25, -0.2) is 4.99 Å². The van der Waals surface area contributed by atoms with Crippen molar-refractivity contribution >= 4 is 50.6 Å². The second-order valence-corrected chi connectivity index (χ2v) is 5.89. The molecule has 0 aliphatic carbocycles. The van der Waals surface area contributed by atoms with E-state index in [0.29, 0.717) is 5.62 Å². The molecule has 4 aromatic rings. The molecule has 0 aliphatic heterocycles. The lowest BCUT2D eigenvalue weighted by molar-refractivity contribution is 0.415. The summed E-state index contributed by atoms with van der Waals surface area (Å²) in [6.45, 7) is 0. The van der Waals surface area contributed by atoms with Crippen molar-refractivity contribution in [2.45, 2.75) is 0 Å². The van der Waals surface area contributed by atoms with Crippen LogP contribution in [0.25, 0.3) is 15.2 Å². The summed E-state index contributed by atoms with van der Waals surface area (Å²) >= 11 is 1.52. The van der Waals surface area contributed by atoms with Crippen LogP contribution in [-0.4, -0.2) is 21.5 Å². The molecule has 2 aromatic heterocycles. The third-order valence-corrected chi connectivity index (χ3v) is 4.41. The molecule has 0 amide bonds. The first-order valence-corrected chi connectivity index (χ1v) is 7.79. The fourth-order valence-corrected chi connectivity index (χ4v) is 3.42. The van der Waals surface area contributed by atoms with Crippen molar-refractivity contribution in [3.8, 4) is 5.75 Å². The van der Waals surface area contributed by atoms with Crippen LogP contribution in [0.5, 0.6) is 5.75 Å². The minimum atomic E-state index is 0. The number of anilines is 1. The maximum atomic E-state index is 5.84. The topological polar surface area (TPSA) is 77.8 Å². The van der Waals surface area contributed by atoms with Crippen molar-refractivity contribution in [1.82, 2.24) is 14.4 Å². The Bertz CT molecular complexity index is 1070. The van der Waals surface area contributed by atoms with Crippen LogP contribution in [0.3, 0.4) is 0 Å². The molecule has 2 heterocycles. The van der Waals surface area contributed by atoms with Crippen LogP contribution in [0.1, 0.15) is 0 Å². The number of methoxy groups -OCH3 is 1. The lowest BCUT2D eigenvalue weighted by atomic mass is 10.3. The number of nitrogens with two attached hydrogens (primary N) is 1. The zero-order valence-corrected chi connectivity index (χ0v) is 14.3. The standard InChI is InChI=1S/C16H13N5OS.ClH/c1-22-11-7-8-12-13(9-11)23-16-20-14(17)19-15(21(12)16)18-10-5-3-2-4-6-10;/h2-9H,1H3,(H2,17,18,19);1H. The summed E-state index contributed by atoms with van der Waals surface area (Å²) in [4.78, 5) is 14.0. The van der Waals surface area contributed by atoms with E-state index in [9.17, 15) is 0 Å². The maximum Gasteiger partial charge on any atom is 0.240 e. The van der Waals surface area contributed by atoms with Gasteiger partial charge in [0.05, 0.1) is 23.0 Å². The molecule has 0 saturated heterocycles. The molecule has 0 saturated carbocycles. The van der Waals surface area contributed by atoms with Crippen molar-refractivity contribution in [1.29, 1.82) is 0 Å². The smallest absolute Gasteiger partial charge is 0.240 e. The first kappa shape index (κ1) is 16.2. The van der Waals surface area contributed by atoms with Gasteiger partial charge in [0.1, 0.15) is 5.75 Å². The van der Waals surface area contributed by atoms with Gasteiger partial charge in [-0.15, -0.1) is 12.4 Å². The Morgan fingerprint density at radius 1 is 1.12 bits per heavy atom. The van der Waals surface area contributed by atoms with E-state index in [1.54, 1.807) is 7.11 Å². The summed E-state index contributed by atoms with van der Waals surface area (Å²) < 4.78 is 8.22. The second kappa shape index (κ2) is 6.46. The number of para-hydroxylation sites is 1. The molecule has 8 heteroatoms. The first-order valence-electron chi connectivity index (χ1n) is 6.97. The first-order chi connectivity index (χ1) is 11.2. The van der Waals surface area contributed by atoms with Crippen LogP contribution in [-0.2, 0) is 0 Å². The molecule has 0 atom stereocenters. The fourth-order valence-electron chi connectivity index (χ4n) is 2.37. The molecule has 2 N–H and O–H groups in total. The van der Waals surface area contributed by atoms with Crippen LogP contribution < -0.4 is 16.1 Å². The van der Waals surface area contributed by atoms with E-state index in [-0.39, 0.29) is 18.4 Å². The number of hydrogen-bond acceptors (Lipinski definition) is 6. The van der Waals surface area contributed by atoms with Gasteiger partial charge in [-0.3, -0.25) is 4.40 Å². The van der Waals surface area contributed by atoms with Gasteiger partial charge in [0.15, 0.2) is 0 Å². The predicted octanol–water partition coefficient (Wildman–Crippen LogP) is 3.19. The lowest BCUT2D eigenvalue weighted by Gasteiger charge is -2.00.